The van der Waals surface area contributed by atoms with E-state index in [0.29, 0.717) is 18.0 Å². The van der Waals surface area contributed by atoms with Gasteiger partial charge in [-0.25, -0.2) is 4.79 Å². The van der Waals surface area contributed by atoms with Gasteiger partial charge in [-0.15, -0.1) is 0 Å². The third-order valence-electron chi connectivity index (χ3n) is 5.19. The summed E-state index contributed by atoms with van der Waals surface area (Å²) in [4.78, 5) is 17.1. The lowest BCUT2D eigenvalue weighted by Crippen LogP contribution is -2.45. The van der Waals surface area contributed by atoms with E-state index in [2.05, 4.69) is 22.3 Å². The fraction of sp³-hybridized carbons (Fsp3) is 0.208. The number of carbonyl (C=O) groups is 1. The first-order valence-electron chi connectivity index (χ1n) is 9.87. The molecule has 0 saturated carbocycles. The summed E-state index contributed by atoms with van der Waals surface area (Å²) in [5, 5.41) is 2.98. The van der Waals surface area contributed by atoms with Crippen molar-refractivity contribution in [1.82, 2.24) is 0 Å². The molecule has 0 fully saturated rings. The molecule has 3 aromatic rings. The molecule has 0 atom stereocenters. The van der Waals surface area contributed by atoms with Crippen molar-refractivity contribution in [3.05, 3.63) is 78.4 Å². The summed E-state index contributed by atoms with van der Waals surface area (Å²) in [7, 11) is 3.26. The van der Waals surface area contributed by atoms with Crippen LogP contribution in [0.3, 0.4) is 0 Å². The maximum Gasteiger partial charge on any atom is 0.326 e. The summed E-state index contributed by atoms with van der Waals surface area (Å²) >= 11 is 0. The molecule has 2 amide bonds. The molecule has 0 radical (unpaired) electrons. The monoisotopic (exact) mass is 403 g/mol. The first-order chi connectivity index (χ1) is 14.7. The maximum absolute atomic E-state index is 13.1. The van der Waals surface area contributed by atoms with Gasteiger partial charge in [0.05, 0.1) is 25.6 Å². The largest absolute Gasteiger partial charge is 0.497 e. The van der Waals surface area contributed by atoms with Gasteiger partial charge in [-0.05, 0) is 29.8 Å². The smallest absolute Gasteiger partial charge is 0.326 e. The van der Waals surface area contributed by atoms with Crippen LogP contribution in [-0.4, -0.2) is 33.3 Å². The van der Waals surface area contributed by atoms with E-state index < -0.39 is 0 Å². The van der Waals surface area contributed by atoms with Gasteiger partial charge in [0.15, 0.2) is 0 Å². The van der Waals surface area contributed by atoms with Crippen molar-refractivity contribution in [2.45, 2.75) is 6.54 Å². The zero-order chi connectivity index (χ0) is 20.9. The highest BCUT2D eigenvalue weighted by molar-refractivity contribution is 6.04. The summed E-state index contributed by atoms with van der Waals surface area (Å²) in [6.45, 7) is 2.08. The first kappa shape index (κ1) is 19.6. The topological polar surface area (TPSA) is 54.0 Å². The van der Waals surface area contributed by atoms with Crippen molar-refractivity contribution in [2.75, 3.05) is 42.4 Å². The van der Waals surface area contributed by atoms with Crippen LogP contribution in [0.15, 0.2) is 72.8 Å². The number of anilines is 3. The average Bonchev–Trinajstić information content (AvgIpc) is 2.79. The molecule has 4 rings (SSSR count). The van der Waals surface area contributed by atoms with Crippen molar-refractivity contribution >= 4 is 23.1 Å². The van der Waals surface area contributed by atoms with E-state index in [0.717, 1.165) is 30.2 Å². The predicted octanol–water partition coefficient (Wildman–Crippen LogP) is 4.76. The Morgan fingerprint density at radius 1 is 0.867 bits per heavy atom. The maximum atomic E-state index is 13.1. The Balaban J connectivity index is 1.60. The third-order valence-corrected chi connectivity index (χ3v) is 5.19. The molecule has 154 valence electrons. The minimum Gasteiger partial charge on any atom is -0.497 e. The summed E-state index contributed by atoms with van der Waals surface area (Å²) in [5.41, 5.74) is 3.75. The fourth-order valence-corrected chi connectivity index (χ4v) is 3.64. The number of fused-ring (bicyclic) bond motifs is 1. The Morgan fingerprint density at radius 3 is 2.40 bits per heavy atom. The molecular formula is C24H25N3O3. The van der Waals surface area contributed by atoms with Gasteiger partial charge in [-0.3, -0.25) is 4.90 Å². The average molecular weight is 403 g/mol. The number of nitrogens with one attached hydrogen (secondary N) is 1. The number of carbonyl (C=O) groups excluding carboxylic acids is 1. The van der Waals surface area contributed by atoms with Crippen LogP contribution in [0.2, 0.25) is 0 Å². The van der Waals surface area contributed by atoms with E-state index in [1.54, 1.807) is 25.2 Å². The second-order valence-electron chi connectivity index (χ2n) is 7.08. The summed E-state index contributed by atoms with van der Waals surface area (Å²) < 4.78 is 10.7. The van der Waals surface area contributed by atoms with E-state index in [-0.39, 0.29) is 6.03 Å². The van der Waals surface area contributed by atoms with Gasteiger partial charge in [0.25, 0.3) is 0 Å². The molecular weight excluding hydrogens is 378 g/mol. The lowest BCUT2D eigenvalue weighted by molar-refractivity contribution is 0.256. The third kappa shape index (κ3) is 4.17. The normalized spacial score (nSPS) is 12.9. The van der Waals surface area contributed by atoms with Crippen LogP contribution in [0.25, 0.3) is 0 Å². The van der Waals surface area contributed by atoms with E-state index >= 15 is 0 Å². The van der Waals surface area contributed by atoms with Crippen LogP contribution >= 0.6 is 0 Å². The van der Waals surface area contributed by atoms with Gasteiger partial charge in [0, 0.05) is 37.5 Å². The molecule has 0 aliphatic carbocycles. The molecule has 0 saturated heterocycles. The lowest BCUT2D eigenvalue weighted by atomic mass is 10.1. The Morgan fingerprint density at radius 2 is 1.63 bits per heavy atom. The van der Waals surface area contributed by atoms with E-state index in [1.165, 1.54) is 5.56 Å². The molecule has 30 heavy (non-hydrogen) atoms. The minimum absolute atomic E-state index is 0.172. The molecule has 0 aromatic heterocycles. The number of ether oxygens (including phenoxy) is 2. The highest BCUT2D eigenvalue weighted by Crippen LogP contribution is 2.37. The molecule has 6 heteroatoms. The van der Waals surface area contributed by atoms with E-state index in [1.807, 2.05) is 54.6 Å². The number of benzene rings is 3. The Bertz CT molecular complexity index is 1020. The standard InChI is InChI=1S/C24H25N3O3/c1-29-20-10-6-9-19(15-20)25-24(28)27-14-13-26(17-18-7-4-3-5-8-18)23-16-21(30-2)11-12-22(23)27/h3-12,15-16H,13-14,17H2,1-2H3,(H,25,28). The molecule has 1 heterocycles. The number of amides is 2. The van der Waals surface area contributed by atoms with Crippen molar-refractivity contribution in [3.63, 3.8) is 0 Å². The van der Waals surface area contributed by atoms with Crippen LogP contribution in [0.1, 0.15) is 5.56 Å². The number of rotatable bonds is 5. The SMILES string of the molecule is COc1cccc(NC(=O)N2CCN(Cc3ccccc3)c3cc(OC)ccc32)c1. The van der Waals surface area contributed by atoms with Crippen LogP contribution in [-0.2, 0) is 6.54 Å². The molecule has 1 aliphatic heterocycles. The zero-order valence-electron chi connectivity index (χ0n) is 17.2. The number of nitrogens with zero attached hydrogens (tertiary/aromatic N) is 2. The minimum atomic E-state index is -0.172. The van der Waals surface area contributed by atoms with Gasteiger partial charge < -0.3 is 19.7 Å². The van der Waals surface area contributed by atoms with Gasteiger partial charge in [0.2, 0.25) is 0 Å². The molecule has 3 aromatic carbocycles. The van der Waals surface area contributed by atoms with Crippen molar-refractivity contribution in [1.29, 1.82) is 0 Å². The highest BCUT2D eigenvalue weighted by Gasteiger charge is 2.27. The van der Waals surface area contributed by atoms with Crippen LogP contribution in [0.4, 0.5) is 21.9 Å². The quantitative estimate of drug-likeness (QED) is 0.667. The fourth-order valence-electron chi connectivity index (χ4n) is 3.64. The number of hydrogen-bond donors (Lipinski definition) is 1. The van der Waals surface area contributed by atoms with E-state index in [9.17, 15) is 4.79 Å². The molecule has 6 nitrogen and oxygen atoms in total. The van der Waals surface area contributed by atoms with Crippen LogP contribution < -0.4 is 24.6 Å². The van der Waals surface area contributed by atoms with Gasteiger partial charge in [-0.1, -0.05) is 36.4 Å². The second kappa shape index (κ2) is 8.78. The first-order valence-corrected chi connectivity index (χ1v) is 9.87. The number of urea groups is 1. The zero-order valence-corrected chi connectivity index (χ0v) is 17.2. The predicted molar refractivity (Wildman–Crippen MR) is 120 cm³/mol. The van der Waals surface area contributed by atoms with Crippen molar-refractivity contribution in [3.8, 4) is 11.5 Å². The van der Waals surface area contributed by atoms with Crippen molar-refractivity contribution < 1.29 is 14.3 Å². The van der Waals surface area contributed by atoms with Crippen LogP contribution in [0, 0.1) is 0 Å². The van der Waals surface area contributed by atoms with E-state index in [4.69, 9.17) is 9.47 Å². The van der Waals surface area contributed by atoms with Gasteiger partial charge >= 0.3 is 6.03 Å². The second-order valence-corrected chi connectivity index (χ2v) is 7.08. The molecule has 0 bridgehead atoms. The highest BCUT2D eigenvalue weighted by atomic mass is 16.5. The summed E-state index contributed by atoms with van der Waals surface area (Å²) in [6.07, 6.45) is 0. The van der Waals surface area contributed by atoms with Gasteiger partial charge in [-0.2, -0.15) is 0 Å². The lowest BCUT2D eigenvalue weighted by Gasteiger charge is -2.38. The molecule has 0 unspecified atom stereocenters. The van der Waals surface area contributed by atoms with Gasteiger partial charge in [0.1, 0.15) is 11.5 Å². The molecule has 1 N–H and O–H groups in total. The number of methoxy groups -OCH3 is 2. The molecule has 1 aliphatic rings. The van der Waals surface area contributed by atoms with Crippen molar-refractivity contribution in [2.24, 2.45) is 0 Å². The van der Waals surface area contributed by atoms with Crippen LogP contribution in [0.5, 0.6) is 11.5 Å². The Hall–Kier alpha value is -3.67. The Kier molecular flexibility index (Phi) is 5.75. The Labute approximate surface area is 176 Å². The summed E-state index contributed by atoms with van der Waals surface area (Å²) in [6, 6.07) is 23.3. The summed E-state index contributed by atoms with van der Waals surface area (Å²) in [5.74, 6) is 1.47. The number of hydrogen-bond acceptors (Lipinski definition) is 4. The molecule has 0 spiro atoms.